The fourth-order valence-electron chi connectivity index (χ4n) is 2.20. The normalized spacial score (nSPS) is 10.7. The Balaban J connectivity index is 2.11. The largest absolute Gasteiger partial charge is 0.483 e. The van der Waals surface area contributed by atoms with E-state index in [-0.39, 0.29) is 25.0 Å². The molecular formula is C20H31N3O5. The van der Waals surface area contributed by atoms with Crippen LogP contribution in [-0.2, 0) is 20.7 Å². The molecule has 3 N–H and O–H groups in total. The van der Waals surface area contributed by atoms with Gasteiger partial charge in [-0.05, 0) is 45.2 Å². The standard InChI is InChI=1S/C20H31N3O5/c1-5-15-9-6-7-10-16(15)27-14-18(25)22-12-8-11-21-17(24)13-23-19(26)28-20(2,3)4/h6-7,9-10H,5,8,11-14H2,1-4H3,(H,21,24)(H,22,25)(H,23,26). The summed E-state index contributed by atoms with van der Waals surface area (Å²) in [6.45, 7) is 7.85. The number of aryl methyl sites for hydroxylation is 1. The molecule has 0 fully saturated rings. The number of carbonyl (C=O) groups is 3. The van der Waals surface area contributed by atoms with E-state index in [0.717, 1.165) is 12.0 Å². The molecular weight excluding hydrogens is 362 g/mol. The molecule has 28 heavy (non-hydrogen) atoms. The Labute approximate surface area is 166 Å². The predicted molar refractivity (Wildman–Crippen MR) is 106 cm³/mol. The molecule has 0 atom stereocenters. The number of alkyl carbamates (subject to hydrolysis) is 1. The maximum atomic E-state index is 11.8. The zero-order chi connectivity index (χ0) is 21.0. The molecule has 0 saturated heterocycles. The van der Waals surface area contributed by atoms with Gasteiger partial charge in [0, 0.05) is 13.1 Å². The molecule has 8 nitrogen and oxygen atoms in total. The van der Waals surface area contributed by atoms with Crippen molar-refractivity contribution >= 4 is 17.9 Å². The number of amides is 3. The zero-order valence-corrected chi connectivity index (χ0v) is 17.1. The number of hydrogen-bond acceptors (Lipinski definition) is 5. The molecule has 0 saturated carbocycles. The van der Waals surface area contributed by atoms with Crippen LogP contribution in [0.1, 0.15) is 39.7 Å². The van der Waals surface area contributed by atoms with Crippen LogP contribution in [0, 0.1) is 0 Å². The van der Waals surface area contributed by atoms with E-state index in [1.165, 1.54) is 0 Å². The van der Waals surface area contributed by atoms with Crippen LogP contribution in [0.4, 0.5) is 4.79 Å². The van der Waals surface area contributed by atoms with Gasteiger partial charge in [0.15, 0.2) is 6.61 Å². The van der Waals surface area contributed by atoms with Crippen molar-refractivity contribution in [3.63, 3.8) is 0 Å². The molecule has 0 spiro atoms. The highest BCUT2D eigenvalue weighted by atomic mass is 16.6. The van der Waals surface area contributed by atoms with Gasteiger partial charge in [-0.3, -0.25) is 9.59 Å². The Morgan fingerprint density at radius 2 is 1.61 bits per heavy atom. The molecule has 8 heteroatoms. The topological polar surface area (TPSA) is 106 Å². The Bertz CT molecular complexity index is 655. The number of para-hydroxylation sites is 1. The Hall–Kier alpha value is -2.77. The average Bonchev–Trinajstić information content (AvgIpc) is 2.63. The van der Waals surface area contributed by atoms with Crippen LogP contribution in [0.15, 0.2) is 24.3 Å². The summed E-state index contributed by atoms with van der Waals surface area (Å²) < 4.78 is 10.6. The third-order valence-corrected chi connectivity index (χ3v) is 3.50. The quantitative estimate of drug-likeness (QED) is 0.526. The Morgan fingerprint density at radius 3 is 2.25 bits per heavy atom. The highest BCUT2D eigenvalue weighted by Gasteiger charge is 2.16. The molecule has 156 valence electrons. The minimum Gasteiger partial charge on any atom is -0.483 e. The van der Waals surface area contributed by atoms with Crippen LogP contribution in [0.2, 0.25) is 0 Å². The van der Waals surface area contributed by atoms with E-state index in [1.54, 1.807) is 20.8 Å². The summed E-state index contributed by atoms with van der Waals surface area (Å²) in [5.74, 6) is 0.172. The van der Waals surface area contributed by atoms with Gasteiger partial charge in [-0.15, -0.1) is 0 Å². The van der Waals surface area contributed by atoms with Crippen molar-refractivity contribution in [1.29, 1.82) is 0 Å². The molecule has 0 radical (unpaired) electrons. The maximum absolute atomic E-state index is 11.8. The van der Waals surface area contributed by atoms with Crippen LogP contribution >= 0.6 is 0 Å². The molecule has 1 aromatic rings. The number of carbonyl (C=O) groups excluding carboxylic acids is 3. The number of benzene rings is 1. The summed E-state index contributed by atoms with van der Waals surface area (Å²) in [7, 11) is 0. The molecule has 0 aliphatic carbocycles. The molecule has 0 bridgehead atoms. The first-order chi connectivity index (χ1) is 13.2. The van der Waals surface area contributed by atoms with Crippen molar-refractivity contribution in [3.8, 4) is 5.75 Å². The lowest BCUT2D eigenvalue weighted by Crippen LogP contribution is -2.40. The summed E-state index contributed by atoms with van der Waals surface area (Å²) in [5, 5.41) is 7.77. The first-order valence-corrected chi connectivity index (χ1v) is 9.42. The van der Waals surface area contributed by atoms with Crippen molar-refractivity contribution < 1.29 is 23.9 Å². The van der Waals surface area contributed by atoms with Gasteiger partial charge < -0.3 is 25.4 Å². The molecule has 0 heterocycles. The summed E-state index contributed by atoms with van der Waals surface area (Å²) >= 11 is 0. The van der Waals surface area contributed by atoms with Crippen LogP contribution in [0.25, 0.3) is 0 Å². The Morgan fingerprint density at radius 1 is 0.964 bits per heavy atom. The predicted octanol–water partition coefficient (Wildman–Crippen LogP) is 1.77. The third kappa shape index (κ3) is 10.4. The van der Waals surface area contributed by atoms with Crippen molar-refractivity contribution in [2.45, 2.75) is 46.1 Å². The number of nitrogens with one attached hydrogen (secondary N) is 3. The van der Waals surface area contributed by atoms with E-state index < -0.39 is 11.7 Å². The van der Waals surface area contributed by atoms with Gasteiger partial charge in [0.05, 0.1) is 6.54 Å². The monoisotopic (exact) mass is 393 g/mol. The van der Waals surface area contributed by atoms with E-state index in [1.807, 2.05) is 31.2 Å². The van der Waals surface area contributed by atoms with Gasteiger partial charge in [0.1, 0.15) is 11.4 Å². The van der Waals surface area contributed by atoms with E-state index in [9.17, 15) is 14.4 Å². The van der Waals surface area contributed by atoms with Gasteiger partial charge in [-0.2, -0.15) is 0 Å². The van der Waals surface area contributed by atoms with Crippen LogP contribution in [-0.4, -0.2) is 49.7 Å². The van der Waals surface area contributed by atoms with Crippen LogP contribution in [0.5, 0.6) is 5.75 Å². The van der Waals surface area contributed by atoms with Gasteiger partial charge in [-0.1, -0.05) is 25.1 Å². The number of rotatable bonds is 10. The number of ether oxygens (including phenoxy) is 2. The summed E-state index contributed by atoms with van der Waals surface area (Å²) in [4.78, 5) is 34.9. The van der Waals surface area contributed by atoms with Crippen molar-refractivity contribution in [3.05, 3.63) is 29.8 Å². The molecule has 0 aromatic heterocycles. The minimum absolute atomic E-state index is 0.0524. The molecule has 1 rings (SSSR count). The average molecular weight is 393 g/mol. The minimum atomic E-state index is -0.639. The smallest absolute Gasteiger partial charge is 0.408 e. The number of hydrogen-bond donors (Lipinski definition) is 3. The maximum Gasteiger partial charge on any atom is 0.408 e. The molecule has 1 aromatic carbocycles. The van der Waals surface area contributed by atoms with Crippen molar-refractivity contribution in [1.82, 2.24) is 16.0 Å². The van der Waals surface area contributed by atoms with E-state index in [2.05, 4.69) is 16.0 Å². The fraction of sp³-hybridized carbons (Fsp3) is 0.550. The Kier molecular flexibility index (Phi) is 9.84. The van der Waals surface area contributed by atoms with Gasteiger partial charge >= 0.3 is 6.09 Å². The van der Waals surface area contributed by atoms with Crippen LogP contribution < -0.4 is 20.7 Å². The van der Waals surface area contributed by atoms with E-state index in [4.69, 9.17) is 9.47 Å². The highest BCUT2D eigenvalue weighted by Crippen LogP contribution is 2.17. The first-order valence-electron chi connectivity index (χ1n) is 9.42. The zero-order valence-electron chi connectivity index (χ0n) is 17.1. The molecule has 0 aliphatic heterocycles. The second-order valence-corrected chi connectivity index (χ2v) is 7.16. The van der Waals surface area contributed by atoms with Crippen molar-refractivity contribution in [2.75, 3.05) is 26.2 Å². The highest BCUT2D eigenvalue weighted by molar-refractivity contribution is 5.82. The summed E-state index contributed by atoms with van der Waals surface area (Å²) in [6.07, 6.45) is 0.759. The third-order valence-electron chi connectivity index (χ3n) is 3.50. The van der Waals surface area contributed by atoms with Crippen molar-refractivity contribution in [2.24, 2.45) is 0 Å². The van der Waals surface area contributed by atoms with E-state index in [0.29, 0.717) is 25.3 Å². The molecule has 3 amide bonds. The molecule has 0 aliphatic rings. The fourth-order valence-corrected chi connectivity index (χ4v) is 2.20. The SMILES string of the molecule is CCc1ccccc1OCC(=O)NCCCNC(=O)CNC(=O)OC(C)(C)C. The lowest BCUT2D eigenvalue weighted by molar-refractivity contribution is -0.123. The van der Waals surface area contributed by atoms with Gasteiger partial charge in [0.2, 0.25) is 5.91 Å². The second-order valence-electron chi connectivity index (χ2n) is 7.16. The molecule has 0 unspecified atom stereocenters. The lowest BCUT2D eigenvalue weighted by atomic mass is 10.1. The summed E-state index contributed by atoms with van der Waals surface area (Å²) in [5.41, 5.74) is 0.444. The second kappa shape index (κ2) is 11.8. The van der Waals surface area contributed by atoms with E-state index >= 15 is 0 Å². The lowest BCUT2D eigenvalue weighted by Gasteiger charge is -2.19. The van der Waals surface area contributed by atoms with Gasteiger partial charge in [-0.25, -0.2) is 4.79 Å². The summed E-state index contributed by atoms with van der Waals surface area (Å²) in [6, 6.07) is 7.61. The van der Waals surface area contributed by atoms with Gasteiger partial charge in [0.25, 0.3) is 5.91 Å². The first kappa shape index (κ1) is 23.3. The van der Waals surface area contributed by atoms with Crippen LogP contribution in [0.3, 0.4) is 0 Å².